The summed E-state index contributed by atoms with van der Waals surface area (Å²) in [5.74, 6) is 0.298. The summed E-state index contributed by atoms with van der Waals surface area (Å²) < 4.78 is 13.9. The van der Waals surface area contributed by atoms with Crippen LogP contribution in [0.2, 0.25) is 0 Å². The first kappa shape index (κ1) is 16.1. The monoisotopic (exact) mass is 356 g/mol. The molecular formula is C19H17FN2O2S. The Kier molecular flexibility index (Phi) is 4.44. The largest absolute Gasteiger partial charge is 0.387 e. The van der Waals surface area contributed by atoms with Gasteiger partial charge in [-0.15, -0.1) is 11.8 Å². The maximum Gasteiger partial charge on any atom is 0.269 e. The second-order valence-corrected chi connectivity index (χ2v) is 7.17. The third kappa shape index (κ3) is 3.26. The van der Waals surface area contributed by atoms with Gasteiger partial charge in [-0.1, -0.05) is 47.6 Å². The van der Waals surface area contributed by atoms with Crippen molar-refractivity contribution in [2.75, 3.05) is 5.75 Å². The number of halogens is 1. The molecule has 1 N–H and O–H groups in total. The Balaban J connectivity index is 1.45. The number of thioether (sulfide) groups is 1. The number of nitrogens with zero attached hydrogens (tertiary/aromatic N) is 1. The van der Waals surface area contributed by atoms with E-state index in [0.29, 0.717) is 17.0 Å². The van der Waals surface area contributed by atoms with Gasteiger partial charge in [0.15, 0.2) is 6.10 Å². The SMILES string of the molecule is O=C(N[C@@H]1CCSc2c(F)cccc21)C1=NO[C@H](c2ccccc2)C1. The van der Waals surface area contributed by atoms with E-state index in [-0.39, 0.29) is 23.9 Å². The van der Waals surface area contributed by atoms with Crippen molar-refractivity contribution >= 4 is 23.4 Å². The number of carbonyl (C=O) groups is 1. The Morgan fingerprint density at radius 1 is 1.20 bits per heavy atom. The zero-order valence-corrected chi connectivity index (χ0v) is 14.3. The lowest BCUT2D eigenvalue weighted by atomic mass is 10.0. The molecule has 2 aliphatic heterocycles. The van der Waals surface area contributed by atoms with Gasteiger partial charge in [0.25, 0.3) is 5.91 Å². The van der Waals surface area contributed by atoms with Crippen molar-refractivity contribution in [2.45, 2.75) is 29.9 Å². The first-order valence-electron chi connectivity index (χ1n) is 8.22. The Morgan fingerprint density at radius 3 is 2.88 bits per heavy atom. The average Bonchev–Trinajstić information content (AvgIpc) is 3.14. The fourth-order valence-electron chi connectivity index (χ4n) is 3.14. The molecule has 0 spiro atoms. The van der Waals surface area contributed by atoms with Crippen LogP contribution in [0, 0.1) is 5.82 Å². The number of oxime groups is 1. The molecule has 0 radical (unpaired) electrons. The summed E-state index contributed by atoms with van der Waals surface area (Å²) in [7, 11) is 0. The predicted molar refractivity (Wildman–Crippen MR) is 94.9 cm³/mol. The molecule has 2 aromatic rings. The molecule has 4 rings (SSSR count). The minimum atomic E-state index is -0.245. The van der Waals surface area contributed by atoms with Crippen LogP contribution in [-0.2, 0) is 9.63 Å². The molecule has 0 unspecified atom stereocenters. The molecule has 2 aliphatic rings. The Labute approximate surface area is 149 Å². The second kappa shape index (κ2) is 6.88. The van der Waals surface area contributed by atoms with Gasteiger partial charge >= 0.3 is 0 Å². The van der Waals surface area contributed by atoms with E-state index in [4.69, 9.17) is 4.84 Å². The van der Waals surface area contributed by atoms with Crippen molar-refractivity contribution in [3.63, 3.8) is 0 Å². The van der Waals surface area contributed by atoms with E-state index in [0.717, 1.165) is 23.3 Å². The van der Waals surface area contributed by atoms with E-state index >= 15 is 0 Å². The summed E-state index contributed by atoms with van der Waals surface area (Å²) >= 11 is 1.49. The average molecular weight is 356 g/mol. The van der Waals surface area contributed by atoms with E-state index in [1.165, 1.54) is 17.8 Å². The molecule has 0 aliphatic carbocycles. The van der Waals surface area contributed by atoms with Gasteiger partial charge in [0, 0.05) is 17.1 Å². The summed E-state index contributed by atoms with van der Waals surface area (Å²) in [5, 5.41) is 6.94. The molecule has 128 valence electrons. The first-order valence-corrected chi connectivity index (χ1v) is 9.20. The highest BCUT2D eigenvalue weighted by Gasteiger charge is 2.30. The zero-order valence-electron chi connectivity index (χ0n) is 13.4. The number of rotatable bonds is 3. The zero-order chi connectivity index (χ0) is 17.2. The van der Waals surface area contributed by atoms with Gasteiger partial charge in [0.05, 0.1) is 6.04 Å². The number of hydrogen-bond donors (Lipinski definition) is 1. The van der Waals surface area contributed by atoms with Crippen molar-refractivity contribution in [3.8, 4) is 0 Å². The van der Waals surface area contributed by atoms with Crippen LogP contribution in [0.15, 0.2) is 58.6 Å². The molecule has 1 amide bonds. The molecule has 0 bridgehead atoms. The Bertz CT molecular complexity index is 825. The molecule has 0 saturated carbocycles. The number of fused-ring (bicyclic) bond motifs is 1. The maximum absolute atomic E-state index is 13.9. The first-order chi connectivity index (χ1) is 12.2. The van der Waals surface area contributed by atoms with Gasteiger partial charge in [-0.25, -0.2) is 4.39 Å². The van der Waals surface area contributed by atoms with E-state index in [1.54, 1.807) is 6.07 Å². The van der Waals surface area contributed by atoms with Crippen molar-refractivity contribution < 1.29 is 14.0 Å². The smallest absolute Gasteiger partial charge is 0.269 e. The Hall–Kier alpha value is -2.34. The molecule has 2 atom stereocenters. The molecular weight excluding hydrogens is 339 g/mol. The highest BCUT2D eigenvalue weighted by Crippen LogP contribution is 2.38. The molecule has 4 nitrogen and oxygen atoms in total. The van der Waals surface area contributed by atoms with Crippen LogP contribution >= 0.6 is 11.8 Å². The van der Waals surface area contributed by atoms with Gasteiger partial charge in [-0.05, 0) is 23.6 Å². The molecule has 2 aromatic carbocycles. The highest BCUT2D eigenvalue weighted by atomic mass is 32.2. The van der Waals surface area contributed by atoms with Crippen LogP contribution in [0.25, 0.3) is 0 Å². The van der Waals surface area contributed by atoms with Crippen molar-refractivity contribution in [1.29, 1.82) is 0 Å². The van der Waals surface area contributed by atoms with Gasteiger partial charge < -0.3 is 10.2 Å². The van der Waals surface area contributed by atoms with Crippen LogP contribution in [0.4, 0.5) is 4.39 Å². The lowest BCUT2D eigenvalue weighted by Gasteiger charge is -2.26. The molecule has 25 heavy (non-hydrogen) atoms. The summed E-state index contributed by atoms with van der Waals surface area (Å²) in [6.07, 6.45) is 0.977. The third-order valence-electron chi connectivity index (χ3n) is 4.43. The molecule has 0 saturated heterocycles. The van der Waals surface area contributed by atoms with E-state index in [9.17, 15) is 9.18 Å². The Morgan fingerprint density at radius 2 is 2.04 bits per heavy atom. The normalized spacial score (nSPS) is 21.9. The number of hydrogen-bond acceptors (Lipinski definition) is 4. The summed E-state index contributed by atoms with van der Waals surface area (Å²) in [5.41, 5.74) is 2.21. The summed E-state index contributed by atoms with van der Waals surface area (Å²) in [6.45, 7) is 0. The topological polar surface area (TPSA) is 50.7 Å². The minimum Gasteiger partial charge on any atom is -0.387 e. The standard InChI is InChI=1S/C19H17FN2O2S/c20-14-8-4-7-13-15(9-10-25-18(13)14)21-19(23)16-11-17(24-22-16)12-5-2-1-3-6-12/h1-8,15,17H,9-11H2,(H,21,23)/t15-,17+/m1/s1. The lowest BCUT2D eigenvalue weighted by Crippen LogP contribution is -2.35. The molecule has 6 heteroatoms. The fraction of sp³-hybridized carbons (Fsp3) is 0.263. The van der Waals surface area contributed by atoms with E-state index in [1.807, 2.05) is 36.4 Å². The van der Waals surface area contributed by atoms with Crippen LogP contribution in [-0.4, -0.2) is 17.4 Å². The highest BCUT2D eigenvalue weighted by molar-refractivity contribution is 7.99. The van der Waals surface area contributed by atoms with Gasteiger partial charge in [-0.2, -0.15) is 0 Å². The van der Waals surface area contributed by atoms with Crippen molar-refractivity contribution in [3.05, 3.63) is 65.5 Å². The van der Waals surface area contributed by atoms with Gasteiger partial charge in [0.2, 0.25) is 0 Å². The lowest BCUT2D eigenvalue weighted by molar-refractivity contribution is -0.115. The van der Waals surface area contributed by atoms with Crippen LogP contribution in [0.3, 0.4) is 0 Å². The number of carbonyl (C=O) groups excluding carboxylic acids is 1. The van der Waals surface area contributed by atoms with Crippen LogP contribution < -0.4 is 5.32 Å². The van der Waals surface area contributed by atoms with Crippen LogP contribution in [0.5, 0.6) is 0 Å². The van der Waals surface area contributed by atoms with Gasteiger partial charge in [-0.3, -0.25) is 4.79 Å². The summed E-state index contributed by atoms with van der Waals surface area (Å²) in [6, 6.07) is 14.5. The number of nitrogens with one attached hydrogen (secondary N) is 1. The number of benzene rings is 2. The van der Waals surface area contributed by atoms with E-state index < -0.39 is 0 Å². The van der Waals surface area contributed by atoms with Crippen molar-refractivity contribution in [2.24, 2.45) is 5.16 Å². The molecule has 0 aromatic heterocycles. The van der Waals surface area contributed by atoms with Crippen LogP contribution in [0.1, 0.15) is 36.1 Å². The molecule has 2 heterocycles. The predicted octanol–water partition coefficient (Wildman–Crippen LogP) is 4.00. The van der Waals surface area contributed by atoms with E-state index in [2.05, 4.69) is 10.5 Å². The van der Waals surface area contributed by atoms with Crippen molar-refractivity contribution in [1.82, 2.24) is 5.32 Å². The van der Waals surface area contributed by atoms with Gasteiger partial charge in [0.1, 0.15) is 11.5 Å². The minimum absolute atomic E-state index is 0.196. The fourth-order valence-corrected chi connectivity index (χ4v) is 4.28. The third-order valence-corrected chi connectivity index (χ3v) is 5.59. The maximum atomic E-state index is 13.9. The summed E-state index contributed by atoms with van der Waals surface area (Å²) in [4.78, 5) is 18.6. The number of amides is 1. The molecule has 0 fully saturated rings. The quantitative estimate of drug-likeness (QED) is 0.904. The second-order valence-electron chi connectivity index (χ2n) is 6.07.